The molecular weight excluding hydrogens is 391 g/mol. The van der Waals surface area contributed by atoms with E-state index in [4.69, 9.17) is 11.6 Å². The molecule has 0 aliphatic carbocycles. The van der Waals surface area contributed by atoms with Crippen LogP contribution in [0.4, 0.5) is 15.8 Å². The minimum Gasteiger partial charge on any atom is -0.317 e. The van der Waals surface area contributed by atoms with Crippen molar-refractivity contribution in [3.05, 3.63) is 68.0 Å². The fourth-order valence-electron chi connectivity index (χ4n) is 2.86. The fourth-order valence-corrected chi connectivity index (χ4v) is 3.08. The second-order valence-electron chi connectivity index (χ2n) is 6.12. The Balaban J connectivity index is 1.92. The number of nitro groups is 1. The van der Waals surface area contributed by atoms with Gasteiger partial charge in [0.15, 0.2) is 0 Å². The second kappa shape index (κ2) is 7.39. The largest absolute Gasteiger partial charge is 0.320 e. The second-order valence-corrected chi connectivity index (χ2v) is 6.52. The molecule has 1 aromatic carbocycles. The van der Waals surface area contributed by atoms with Crippen LogP contribution in [0.25, 0.3) is 0 Å². The number of benzene rings is 1. The molecule has 0 saturated carbocycles. The average molecular weight is 407 g/mol. The van der Waals surface area contributed by atoms with Crippen molar-refractivity contribution in [2.24, 2.45) is 7.05 Å². The van der Waals surface area contributed by atoms with Gasteiger partial charge in [-0.1, -0.05) is 17.7 Å². The van der Waals surface area contributed by atoms with Crippen LogP contribution in [0.15, 0.2) is 24.4 Å². The molecule has 2 aromatic heterocycles. The van der Waals surface area contributed by atoms with Crippen LogP contribution in [0, 0.1) is 29.8 Å². The zero-order valence-corrected chi connectivity index (χ0v) is 16.0. The molecule has 0 atom stereocenters. The highest BCUT2D eigenvalue weighted by Crippen LogP contribution is 2.26. The van der Waals surface area contributed by atoms with Crippen molar-refractivity contribution in [3.63, 3.8) is 0 Å². The molecule has 0 aliphatic heterocycles. The first-order valence-electron chi connectivity index (χ1n) is 8.15. The topological polar surface area (TPSA) is 108 Å². The molecule has 0 fully saturated rings. The van der Waals surface area contributed by atoms with E-state index in [-0.39, 0.29) is 22.8 Å². The van der Waals surface area contributed by atoms with Gasteiger partial charge in [0.2, 0.25) is 5.69 Å². The minimum atomic E-state index is -0.693. The number of aryl methyl sites for hydroxylation is 2. The van der Waals surface area contributed by atoms with Gasteiger partial charge in [-0.2, -0.15) is 10.2 Å². The van der Waals surface area contributed by atoms with Crippen LogP contribution in [0.3, 0.4) is 0 Å². The number of carbonyl (C=O) groups excluding carboxylic acids is 1. The molecule has 3 rings (SSSR count). The molecule has 0 saturated heterocycles. The number of aromatic nitrogens is 4. The third-order valence-electron chi connectivity index (χ3n) is 4.32. The van der Waals surface area contributed by atoms with Crippen molar-refractivity contribution in [1.82, 2.24) is 19.6 Å². The highest BCUT2D eigenvalue weighted by molar-refractivity contribution is 6.31. The van der Waals surface area contributed by atoms with Gasteiger partial charge in [0.25, 0.3) is 5.91 Å². The van der Waals surface area contributed by atoms with Crippen LogP contribution >= 0.6 is 11.6 Å². The quantitative estimate of drug-likeness (QED) is 0.517. The smallest absolute Gasteiger partial charge is 0.317 e. The molecule has 0 aliphatic rings. The van der Waals surface area contributed by atoms with Gasteiger partial charge in [-0.25, -0.2) is 4.39 Å². The van der Waals surface area contributed by atoms with Gasteiger partial charge in [0.1, 0.15) is 12.0 Å². The third-order valence-corrected chi connectivity index (χ3v) is 4.67. The number of amides is 1. The van der Waals surface area contributed by atoms with E-state index in [0.717, 1.165) is 10.9 Å². The molecule has 0 spiro atoms. The Bertz CT molecular complexity index is 1070. The summed E-state index contributed by atoms with van der Waals surface area (Å²) in [6.07, 6.45) is 1.01. The summed E-state index contributed by atoms with van der Waals surface area (Å²) >= 11 is 6.07. The van der Waals surface area contributed by atoms with E-state index in [0.29, 0.717) is 17.1 Å². The minimum absolute atomic E-state index is 0.0694. The van der Waals surface area contributed by atoms with E-state index < -0.39 is 22.3 Å². The summed E-state index contributed by atoms with van der Waals surface area (Å²) in [5.41, 5.74) is 1.09. The Labute approximate surface area is 163 Å². The first-order valence-corrected chi connectivity index (χ1v) is 8.53. The van der Waals surface area contributed by atoms with E-state index in [1.54, 1.807) is 19.9 Å². The van der Waals surface area contributed by atoms with Crippen LogP contribution in [0.1, 0.15) is 27.4 Å². The highest BCUT2D eigenvalue weighted by Gasteiger charge is 2.27. The van der Waals surface area contributed by atoms with Crippen LogP contribution < -0.4 is 5.32 Å². The van der Waals surface area contributed by atoms with Gasteiger partial charge >= 0.3 is 5.69 Å². The molecule has 2 heterocycles. The number of carbonyl (C=O) groups is 1. The summed E-state index contributed by atoms with van der Waals surface area (Å²) < 4.78 is 16.7. The predicted molar refractivity (Wildman–Crippen MR) is 100 cm³/mol. The van der Waals surface area contributed by atoms with Gasteiger partial charge < -0.3 is 5.32 Å². The standard InChI is InChI=1S/C17H16ClFN6O3/c1-9-15(21-17(26)16-14(25(27)28)7-20-23(16)3)10(2)24(22-9)8-11-12(18)5-4-6-13(11)19/h4-7H,8H2,1-3H3,(H,21,26). The van der Waals surface area contributed by atoms with E-state index >= 15 is 0 Å². The Morgan fingerprint density at radius 3 is 2.75 bits per heavy atom. The van der Waals surface area contributed by atoms with Crippen molar-refractivity contribution in [2.45, 2.75) is 20.4 Å². The Kier molecular flexibility index (Phi) is 5.14. The number of nitrogens with zero attached hydrogens (tertiary/aromatic N) is 5. The Morgan fingerprint density at radius 2 is 2.11 bits per heavy atom. The van der Waals surface area contributed by atoms with Gasteiger partial charge in [0.05, 0.1) is 28.5 Å². The first-order chi connectivity index (χ1) is 13.2. The summed E-state index contributed by atoms with van der Waals surface area (Å²) in [7, 11) is 1.44. The Hall–Kier alpha value is -3.27. The zero-order chi connectivity index (χ0) is 20.6. The summed E-state index contributed by atoms with van der Waals surface area (Å²) in [5.74, 6) is -1.16. The number of halogens is 2. The SMILES string of the molecule is Cc1nn(Cc2c(F)cccc2Cl)c(C)c1NC(=O)c1c([N+](=O)[O-])cnn1C. The van der Waals surface area contributed by atoms with E-state index in [2.05, 4.69) is 15.5 Å². The third kappa shape index (κ3) is 3.46. The fraction of sp³-hybridized carbons (Fsp3) is 0.235. The Morgan fingerprint density at radius 1 is 1.39 bits per heavy atom. The van der Waals surface area contributed by atoms with Crippen LogP contribution in [0.2, 0.25) is 5.02 Å². The highest BCUT2D eigenvalue weighted by atomic mass is 35.5. The molecule has 0 radical (unpaired) electrons. The van der Waals surface area contributed by atoms with Gasteiger partial charge in [-0.05, 0) is 26.0 Å². The van der Waals surface area contributed by atoms with Gasteiger partial charge in [0, 0.05) is 17.6 Å². The monoisotopic (exact) mass is 406 g/mol. The summed E-state index contributed by atoms with van der Waals surface area (Å²) in [6, 6.07) is 4.39. The van der Waals surface area contributed by atoms with E-state index in [9.17, 15) is 19.3 Å². The molecule has 11 heteroatoms. The van der Waals surface area contributed by atoms with Crippen molar-refractivity contribution >= 4 is 28.9 Å². The summed E-state index contributed by atoms with van der Waals surface area (Å²) in [5, 5.41) is 22.1. The summed E-state index contributed by atoms with van der Waals surface area (Å²) in [6.45, 7) is 3.43. The summed E-state index contributed by atoms with van der Waals surface area (Å²) in [4.78, 5) is 23.0. The maximum absolute atomic E-state index is 14.1. The number of hydrogen-bond donors (Lipinski definition) is 1. The normalized spacial score (nSPS) is 10.9. The van der Waals surface area contributed by atoms with Crippen LogP contribution in [-0.2, 0) is 13.6 Å². The number of anilines is 1. The molecule has 3 aromatic rings. The number of hydrogen-bond acceptors (Lipinski definition) is 5. The first kappa shape index (κ1) is 19.5. The zero-order valence-electron chi connectivity index (χ0n) is 15.2. The van der Waals surface area contributed by atoms with E-state index in [1.165, 1.54) is 23.9 Å². The van der Waals surface area contributed by atoms with Crippen molar-refractivity contribution < 1.29 is 14.1 Å². The molecule has 146 valence electrons. The van der Waals surface area contributed by atoms with Gasteiger partial charge in [-0.3, -0.25) is 24.3 Å². The molecule has 0 bridgehead atoms. The maximum atomic E-state index is 14.1. The lowest BCUT2D eigenvalue weighted by molar-refractivity contribution is -0.385. The lowest BCUT2D eigenvalue weighted by Crippen LogP contribution is -2.18. The van der Waals surface area contributed by atoms with Gasteiger partial charge in [-0.15, -0.1) is 0 Å². The predicted octanol–water partition coefficient (Wildman–Crippen LogP) is 3.23. The molecule has 9 nitrogen and oxygen atoms in total. The molecule has 28 heavy (non-hydrogen) atoms. The van der Waals surface area contributed by atoms with Crippen LogP contribution in [0.5, 0.6) is 0 Å². The number of nitrogens with one attached hydrogen (secondary N) is 1. The molecule has 0 unspecified atom stereocenters. The van der Waals surface area contributed by atoms with Crippen LogP contribution in [-0.4, -0.2) is 30.4 Å². The maximum Gasteiger partial charge on any atom is 0.320 e. The lowest BCUT2D eigenvalue weighted by atomic mass is 10.2. The molecule has 1 amide bonds. The van der Waals surface area contributed by atoms with E-state index in [1.807, 2.05) is 0 Å². The number of rotatable bonds is 5. The molecular formula is C17H16ClFN6O3. The van der Waals surface area contributed by atoms with Crippen molar-refractivity contribution in [3.8, 4) is 0 Å². The average Bonchev–Trinajstić information content (AvgIpc) is 3.13. The van der Waals surface area contributed by atoms with Crippen molar-refractivity contribution in [1.29, 1.82) is 0 Å². The van der Waals surface area contributed by atoms with Crippen molar-refractivity contribution in [2.75, 3.05) is 5.32 Å². The molecule has 1 N–H and O–H groups in total. The lowest BCUT2D eigenvalue weighted by Gasteiger charge is -2.09.